The third-order valence-corrected chi connectivity index (χ3v) is 11.6. The molecule has 2 N–H and O–H groups in total. The first kappa shape index (κ1) is 22.6. The SMILES string of the molecule is CC1=C(c2ccccc2)[P@]2C[C@@]1(C)C(c1ccccc1)[C@@H]2[C@H](N)c1ccc(C(C)(C)C)cc1. The summed E-state index contributed by atoms with van der Waals surface area (Å²) in [6.07, 6.45) is 1.25. The monoisotopic (exact) mass is 453 g/mol. The lowest BCUT2D eigenvalue weighted by molar-refractivity contribution is 0.353. The molecule has 2 heterocycles. The molecule has 2 aliphatic rings. The summed E-state index contributed by atoms with van der Waals surface area (Å²) in [7, 11) is -0.361. The van der Waals surface area contributed by atoms with Crippen LogP contribution in [0.25, 0.3) is 5.31 Å². The fraction of sp³-hybridized carbons (Fsp3) is 0.355. The second-order valence-corrected chi connectivity index (χ2v) is 13.5. The molecule has 170 valence electrons. The van der Waals surface area contributed by atoms with E-state index in [1.165, 1.54) is 28.4 Å². The fourth-order valence-electron chi connectivity index (χ4n) is 6.19. The molecule has 2 heteroatoms. The summed E-state index contributed by atoms with van der Waals surface area (Å²) in [5.74, 6) is 0.453. The Morgan fingerprint density at radius 2 is 1.45 bits per heavy atom. The van der Waals surface area contributed by atoms with Gasteiger partial charge in [0.1, 0.15) is 0 Å². The maximum Gasteiger partial charge on any atom is 0.0372 e. The second-order valence-electron chi connectivity index (χ2n) is 11.2. The lowest BCUT2D eigenvalue weighted by atomic mass is 9.67. The van der Waals surface area contributed by atoms with Crippen molar-refractivity contribution < 1.29 is 0 Å². The lowest BCUT2D eigenvalue weighted by Gasteiger charge is -2.42. The summed E-state index contributed by atoms with van der Waals surface area (Å²) in [6, 6.07) is 31.4. The van der Waals surface area contributed by atoms with Crippen molar-refractivity contribution in [3.8, 4) is 0 Å². The molecule has 1 fully saturated rings. The molecule has 3 aromatic carbocycles. The van der Waals surface area contributed by atoms with Gasteiger partial charge in [-0.05, 0) is 46.1 Å². The van der Waals surface area contributed by atoms with Crippen LogP contribution in [0.5, 0.6) is 0 Å². The van der Waals surface area contributed by atoms with Crippen LogP contribution in [0.4, 0.5) is 0 Å². The second kappa shape index (κ2) is 8.23. The molecule has 0 aromatic heterocycles. The van der Waals surface area contributed by atoms with Crippen molar-refractivity contribution in [1.29, 1.82) is 0 Å². The van der Waals surface area contributed by atoms with Gasteiger partial charge >= 0.3 is 0 Å². The quantitative estimate of drug-likeness (QED) is 0.397. The summed E-state index contributed by atoms with van der Waals surface area (Å²) in [5.41, 5.74) is 15.0. The number of rotatable bonds is 4. The normalized spacial score (nSPS) is 27.8. The van der Waals surface area contributed by atoms with Gasteiger partial charge in [0.05, 0.1) is 0 Å². The van der Waals surface area contributed by atoms with Gasteiger partial charge in [-0.2, -0.15) is 0 Å². The van der Waals surface area contributed by atoms with Gasteiger partial charge in [0, 0.05) is 23.0 Å². The molecule has 2 bridgehead atoms. The van der Waals surface area contributed by atoms with Gasteiger partial charge in [-0.1, -0.05) is 126 Å². The predicted molar refractivity (Wildman–Crippen MR) is 144 cm³/mol. The van der Waals surface area contributed by atoms with E-state index in [2.05, 4.69) is 120 Å². The molecular formula is C31H36NP. The van der Waals surface area contributed by atoms with Crippen molar-refractivity contribution in [2.45, 2.75) is 57.7 Å². The minimum atomic E-state index is -0.361. The third-order valence-electron chi connectivity index (χ3n) is 8.12. The standard InChI is InChI=1S/C31H36NP/c1-21-28(24-14-10-7-11-15-24)33-20-31(21,5)26(22-12-8-6-9-13-22)29(33)27(32)23-16-18-25(19-17-23)30(2,3)4/h6-19,26-27,29H,20,32H2,1-5H3/t26?,27-,29-,31-,33+/m1/s1. The molecule has 1 nitrogen and oxygen atoms in total. The number of nitrogens with two attached hydrogens (primary N) is 1. The van der Waals surface area contributed by atoms with Crippen LogP contribution in [0.2, 0.25) is 0 Å². The number of fused-ring (bicyclic) bond motifs is 2. The van der Waals surface area contributed by atoms with E-state index in [-0.39, 0.29) is 24.8 Å². The van der Waals surface area contributed by atoms with Gasteiger partial charge in [0.2, 0.25) is 0 Å². The Balaban J connectivity index is 1.61. The van der Waals surface area contributed by atoms with E-state index in [0.717, 1.165) is 0 Å². The number of allylic oxidation sites excluding steroid dienone is 1. The van der Waals surface area contributed by atoms with Gasteiger partial charge in [0.25, 0.3) is 0 Å². The Bertz CT molecular complexity index is 1160. The van der Waals surface area contributed by atoms with Crippen LogP contribution in [0, 0.1) is 5.41 Å². The largest absolute Gasteiger partial charge is 0.323 e. The van der Waals surface area contributed by atoms with Gasteiger partial charge in [-0.15, -0.1) is 0 Å². The van der Waals surface area contributed by atoms with Crippen LogP contribution in [-0.2, 0) is 5.41 Å². The van der Waals surface area contributed by atoms with Crippen molar-refractivity contribution in [2.24, 2.45) is 11.1 Å². The van der Waals surface area contributed by atoms with E-state index in [4.69, 9.17) is 5.73 Å². The van der Waals surface area contributed by atoms with Crippen LogP contribution in [0.1, 0.15) is 68.8 Å². The zero-order valence-electron chi connectivity index (χ0n) is 20.5. The molecule has 5 rings (SSSR count). The van der Waals surface area contributed by atoms with E-state index in [0.29, 0.717) is 11.6 Å². The number of hydrogen-bond acceptors (Lipinski definition) is 1. The van der Waals surface area contributed by atoms with Crippen molar-refractivity contribution in [2.75, 3.05) is 6.16 Å². The first-order valence-corrected chi connectivity index (χ1v) is 13.8. The summed E-state index contributed by atoms with van der Waals surface area (Å²) in [4.78, 5) is 0. The van der Waals surface area contributed by atoms with Crippen LogP contribution in [0.15, 0.2) is 90.5 Å². The molecule has 0 amide bonds. The topological polar surface area (TPSA) is 26.0 Å². The van der Waals surface area contributed by atoms with Crippen molar-refractivity contribution in [3.05, 3.63) is 113 Å². The highest BCUT2D eigenvalue weighted by molar-refractivity contribution is 7.70. The highest BCUT2D eigenvalue weighted by Crippen LogP contribution is 2.79. The van der Waals surface area contributed by atoms with Crippen LogP contribution in [0.3, 0.4) is 0 Å². The van der Waals surface area contributed by atoms with E-state index < -0.39 is 0 Å². The zero-order chi connectivity index (χ0) is 23.4. The highest BCUT2D eigenvalue weighted by Gasteiger charge is 2.59. The average Bonchev–Trinajstić information content (AvgIpc) is 3.26. The van der Waals surface area contributed by atoms with Crippen LogP contribution < -0.4 is 5.73 Å². The summed E-state index contributed by atoms with van der Waals surface area (Å²) < 4.78 is 0. The minimum Gasteiger partial charge on any atom is -0.323 e. The van der Waals surface area contributed by atoms with Gasteiger partial charge in [0.15, 0.2) is 0 Å². The molecule has 1 saturated heterocycles. The maximum atomic E-state index is 7.21. The first-order valence-electron chi connectivity index (χ1n) is 12.2. The fourth-order valence-corrected chi connectivity index (χ4v) is 10.6. The Hall–Kier alpha value is -2.21. The van der Waals surface area contributed by atoms with E-state index in [1.807, 2.05) is 0 Å². The van der Waals surface area contributed by atoms with E-state index >= 15 is 0 Å². The van der Waals surface area contributed by atoms with Crippen LogP contribution >= 0.6 is 7.92 Å². The molecule has 5 atom stereocenters. The molecule has 3 aromatic rings. The minimum absolute atomic E-state index is 0.0315. The smallest absolute Gasteiger partial charge is 0.0372 e. The number of hydrogen-bond donors (Lipinski definition) is 1. The summed E-state index contributed by atoms with van der Waals surface area (Å²) >= 11 is 0. The van der Waals surface area contributed by atoms with Gasteiger partial charge in [-0.25, -0.2) is 0 Å². The molecule has 33 heavy (non-hydrogen) atoms. The average molecular weight is 454 g/mol. The van der Waals surface area contributed by atoms with Gasteiger partial charge in [-0.3, -0.25) is 0 Å². The lowest BCUT2D eigenvalue weighted by Crippen LogP contribution is -2.36. The first-order chi connectivity index (χ1) is 15.7. The molecule has 0 radical (unpaired) electrons. The van der Waals surface area contributed by atoms with Gasteiger partial charge < -0.3 is 5.73 Å². The van der Waals surface area contributed by atoms with E-state index in [9.17, 15) is 0 Å². The molecular weight excluding hydrogens is 417 g/mol. The van der Waals surface area contributed by atoms with Crippen molar-refractivity contribution >= 4 is 13.2 Å². The molecule has 0 spiro atoms. The Kier molecular flexibility index (Phi) is 5.63. The number of benzene rings is 3. The molecule has 2 aliphatic heterocycles. The van der Waals surface area contributed by atoms with Crippen molar-refractivity contribution in [1.82, 2.24) is 0 Å². The zero-order valence-corrected chi connectivity index (χ0v) is 21.4. The predicted octanol–water partition coefficient (Wildman–Crippen LogP) is 8.08. The highest BCUT2D eigenvalue weighted by atomic mass is 31.1. The molecule has 0 aliphatic carbocycles. The van der Waals surface area contributed by atoms with E-state index in [1.54, 1.807) is 10.9 Å². The summed E-state index contributed by atoms with van der Waals surface area (Å²) in [5, 5.41) is 1.60. The molecule has 1 unspecified atom stereocenters. The van der Waals surface area contributed by atoms with Crippen molar-refractivity contribution in [3.63, 3.8) is 0 Å². The maximum absolute atomic E-state index is 7.21. The Morgan fingerprint density at radius 1 is 0.879 bits per heavy atom. The Morgan fingerprint density at radius 3 is 2.03 bits per heavy atom. The van der Waals surface area contributed by atoms with Crippen LogP contribution in [-0.4, -0.2) is 11.8 Å². The third kappa shape index (κ3) is 3.71. The Labute approximate surface area is 200 Å². The summed E-state index contributed by atoms with van der Waals surface area (Å²) in [6.45, 7) is 11.7. The molecule has 0 saturated carbocycles.